The summed E-state index contributed by atoms with van der Waals surface area (Å²) in [5.74, 6) is 0.534. The van der Waals surface area contributed by atoms with E-state index >= 15 is 0 Å². The summed E-state index contributed by atoms with van der Waals surface area (Å²) in [5.41, 5.74) is 1.15. The molecule has 8 heteroatoms. The van der Waals surface area contributed by atoms with Gasteiger partial charge in [0.25, 0.3) is 0 Å². The molecule has 1 aliphatic heterocycles. The number of hydrogen-bond donors (Lipinski definition) is 0. The molecule has 1 atom stereocenters. The van der Waals surface area contributed by atoms with Gasteiger partial charge in [-0.05, 0) is 36.1 Å². The number of nitrogens with zero attached hydrogens (tertiary/aromatic N) is 3. The van der Waals surface area contributed by atoms with E-state index in [1.165, 1.54) is 11.3 Å². The van der Waals surface area contributed by atoms with E-state index in [-0.39, 0.29) is 15.8 Å². The highest BCUT2D eigenvalue weighted by Gasteiger charge is 2.26. The topological polar surface area (TPSA) is 66.7 Å². The van der Waals surface area contributed by atoms with Crippen molar-refractivity contribution in [3.8, 4) is 0 Å². The maximum Gasteiger partial charge on any atom is 0.324 e. The summed E-state index contributed by atoms with van der Waals surface area (Å²) in [4.78, 5) is 27.4. The van der Waals surface area contributed by atoms with Gasteiger partial charge in [0.1, 0.15) is 0 Å². The van der Waals surface area contributed by atoms with Gasteiger partial charge >= 0.3 is 5.00 Å². The number of rotatable bonds is 7. The highest BCUT2D eigenvalue weighted by Crippen LogP contribution is 2.27. The van der Waals surface area contributed by atoms with E-state index in [1.54, 1.807) is 13.0 Å². The van der Waals surface area contributed by atoms with Crippen molar-refractivity contribution < 1.29 is 9.72 Å². The molecule has 2 aromatic rings. The van der Waals surface area contributed by atoms with Crippen LogP contribution in [-0.2, 0) is 17.9 Å². The SMILES string of the molecule is CC(=O)N1CCC(CN(Cc2ccc(Cl)cc2)Cc2ccc([N+](=O)[O-])s2)C1. The molecule has 0 radical (unpaired) electrons. The fourth-order valence-electron chi connectivity index (χ4n) is 3.44. The minimum Gasteiger partial charge on any atom is -0.343 e. The van der Waals surface area contributed by atoms with Crippen LogP contribution in [0.25, 0.3) is 0 Å². The van der Waals surface area contributed by atoms with Crippen molar-refractivity contribution in [3.63, 3.8) is 0 Å². The summed E-state index contributed by atoms with van der Waals surface area (Å²) < 4.78 is 0. The van der Waals surface area contributed by atoms with Crippen molar-refractivity contribution in [1.82, 2.24) is 9.80 Å². The molecule has 6 nitrogen and oxygen atoms in total. The lowest BCUT2D eigenvalue weighted by Gasteiger charge is -2.25. The fourth-order valence-corrected chi connectivity index (χ4v) is 4.42. The predicted molar refractivity (Wildman–Crippen MR) is 107 cm³/mol. The molecule has 3 rings (SSSR count). The maximum atomic E-state index is 11.6. The van der Waals surface area contributed by atoms with Gasteiger partial charge in [-0.25, -0.2) is 0 Å². The van der Waals surface area contributed by atoms with Crippen LogP contribution in [0.15, 0.2) is 36.4 Å². The van der Waals surface area contributed by atoms with E-state index in [2.05, 4.69) is 4.90 Å². The highest BCUT2D eigenvalue weighted by molar-refractivity contribution is 7.15. The Kier molecular flexibility index (Phi) is 6.46. The number of likely N-dealkylation sites (tertiary alicyclic amines) is 1. The van der Waals surface area contributed by atoms with Crippen LogP contribution in [0.5, 0.6) is 0 Å². The van der Waals surface area contributed by atoms with Gasteiger partial charge in [-0.1, -0.05) is 35.1 Å². The lowest BCUT2D eigenvalue weighted by atomic mass is 10.1. The van der Waals surface area contributed by atoms with Crippen LogP contribution >= 0.6 is 22.9 Å². The molecule has 0 saturated carbocycles. The average molecular weight is 408 g/mol. The number of nitro groups is 1. The molecule has 1 unspecified atom stereocenters. The van der Waals surface area contributed by atoms with E-state index in [9.17, 15) is 14.9 Å². The first-order chi connectivity index (χ1) is 12.9. The van der Waals surface area contributed by atoms with Gasteiger partial charge in [0.2, 0.25) is 5.91 Å². The predicted octanol–water partition coefficient (Wildman–Crippen LogP) is 4.18. The first-order valence-corrected chi connectivity index (χ1v) is 10.1. The van der Waals surface area contributed by atoms with E-state index in [4.69, 9.17) is 11.6 Å². The van der Waals surface area contributed by atoms with Crippen molar-refractivity contribution in [2.24, 2.45) is 5.92 Å². The lowest BCUT2D eigenvalue weighted by molar-refractivity contribution is -0.380. The largest absolute Gasteiger partial charge is 0.343 e. The Morgan fingerprint density at radius 1 is 1.30 bits per heavy atom. The van der Waals surface area contributed by atoms with Gasteiger partial charge in [0, 0.05) is 55.6 Å². The smallest absolute Gasteiger partial charge is 0.324 e. The minimum atomic E-state index is -0.348. The molecular formula is C19H22ClN3O3S. The number of carbonyl (C=O) groups is 1. The van der Waals surface area contributed by atoms with E-state index in [0.29, 0.717) is 17.5 Å². The van der Waals surface area contributed by atoms with Gasteiger partial charge in [-0.15, -0.1) is 0 Å². The van der Waals surface area contributed by atoms with Crippen molar-refractivity contribution in [3.05, 3.63) is 62.0 Å². The third kappa shape index (κ3) is 5.51. The van der Waals surface area contributed by atoms with E-state index in [0.717, 1.165) is 43.0 Å². The van der Waals surface area contributed by atoms with Gasteiger partial charge in [-0.2, -0.15) is 0 Å². The fraction of sp³-hybridized carbons (Fsp3) is 0.421. The van der Waals surface area contributed by atoms with Gasteiger partial charge < -0.3 is 4.90 Å². The van der Waals surface area contributed by atoms with Gasteiger partial charge in [-0.3, -0.25) is 19.8 Å². The van der Waals surface area contributed by atoms with Gasteiger partial charge in [0.05, 0.1) is 4.92 Å². The third-order valence-electron chi connectivity index (χ3n) is 4.77. The van der Waals surface area contributed by atoms with Crippen LogP contribution < -0.4 is 0 Å². The zero-order valence-corrected chi connectivity index (χ0v) is 16.7. The van der Waals surface area contributed by atoms with E-state index < -0.39 is 0 Å². The molecule has 0 bridgehead atoms. The molecule has 0 N–H and O–H groups in total. The van der Waals surface area contributed by atoms with Crippen molar-refractivity contribution in [2.45, 2.75) is 26.4 Å². The first kappa shape index (κ1) is 19.8. The summed E-state index contributed by atoms with van der Waals surface area (Å²) in [7, 11) is 0. The van der Waals surface area contributed by atoms with Gasteiger partial charge in [0.15, 0.2) is 0 Å². The zero-order valence-electron chi connectivity index (χ0n) is 15.1. The summed E-state index contributed by atoms with van der Waals surface area (Å²) in [6, 6.07) is 11.1. The van der Waals surface area contributed by atoms with Crippen LogP contribution in [0.2, 0.25) is 5.02 Å². The van der Waals surface area contributed by atoms with Crippen molar-refractivity contribution >= 4 is 33.8 Å². The molecule has 1 amide bonds. The Hall–Kier alpha value is -1.96. The third-order valence-corrected chi connectivity index (χ3v) is 6.05. The van der Waals surface area contributed by atoms with Crippen molar-refractivity contribution in [2.75, 3.05) is 19.6 Å². The number of halogens is 1. The summed E-state index contributed by atoms with van der Waals surface area (Å²) in [6.45, 7) is 5.42. The summed E-state index contributed by atoms with van der Waals surface area (Å²) in [6.07, 6.45) is 0.987. The Morgan fingerprint density at radius 2 is 2.04 bits per heavy atom. The van der Waals surface area contributed by atoms with Crippen LogP contribution in [0.1, 0.15) is 23.8 Å². The van der Waals surface area contributed by atoms with Crippen LogP contribution in [0.4, 0.5) is 5.00 Å². The highest BCUT2D eigenvalue weighted by atomic mass is 35.5. The molecule has 2 heterocycles. The second kappa shape index (κ2) is 8.82. The molecule has 1 aromatic heterocycles. The van der Waals surface area contributed by atoms with E-state index in [1.807, 2.05) is 35.2 Å². The molecular weight excluding hydrogens is 386 g/mol. The Labute approximate surface area is 167 Å². The molecule has 144 valence electrons. The second-order valence-corrected chi connectivity index (χ2v) is 8.50. The monoisotopic (exact) mass is 407 g/mol. The number of benzene rings is 1. The Balaban J connectivity index is 1.70. The van der Waals surface area contributed by atoms with Crippen LogP contribution in [0, 0.1) is 16.0 Å². The van der Waals surface area contributed by atoms with Crippen LogP contribution in [-0.4, -0.2) is 40.3 Å². The van der Waals surface area contributed by atoms with Crippen LogP contribution in [0.3, 0.4) is 0 Å². The number of carbonyl (C=O) groups excluding carboxylic acids is 1. The molecule has 1 saturated heterocycles. The standard InChI is InChI=1S/C19H22ClN3O3S/c1-14(24)22-9-8-16(12-22)11-21(10-15-2-4-17(20)5-3-15)13-18-6-7-19(27-18)23(25)26/h2-7,16H,8-13H2,1H3. The normalized spacial score (nSPS) is 16.9. The quantitative estimate of drug-likeness (QED) is 0.510. The molecule has 1 fully saturated rings. The summed E-state index contributed by atoms with van der Waals surface area (Å²) >= 11 is 7.20. The number of amides is 1. The molecule has 0 aliphatic carbocycles. The Bertz CT molecular complexity index is 809. The Morgan fingerprint density at radius 3 is 2.63 bits per heavy atom. The molecule has 1 aromatic carbocycles. The molecule has 1 aliphatic rings. The maximum absolute atomic E-state index is 11.6. The molecule has 27 heavy (non-hydrogen) atoms. The number of thiophene rings is 1. The van der Waals surface area contributed by atoms with Crippen molar-refractivity contribution in [1.29, 1.82) is 0 Å². The lowest BCUT2D eigenvalue weighted by Crippen LogP contribution is -2.31. The first-order valence-electron chi connectivity index (χ1n) is 8.86. The minimum absolute atomic E-state index is 0.121. The average Bonchev–Trinajstić information content (AvgIpc) is 3.26. The number of hydrogen-bond acceptors (Lipinski definition) is 5. The zero-order chi connectivity index (χ0) is 19.4. The molecule has 0 spiro atoms. The second-order valence-electron chi connectivity index (χ2n) is 6.91. The summed E-state index contributed by atoms with van der Waals surface area (Å²) in [5, 5.41) is 11.8.